The Morgan fingerprint density at radius 3 is 2.81 bits per heavy atom. The molecule has 21 heavy (non-hydrogen) atoms. The van der Waals surface area contributed by atoms with Crippen LogP contribution in [0.3, 0.4) is 0 Å². The summed E-state index contributed by atoms with van der Waals surface area (Å²) in [7, 11) is 2.02. The zero-order valence-electron chi connectivity index (χ0n) is 12.0. The van der Waals surface area contributed by atoms with Gasteiger partial charge >= 0.3 is 0 Å². The molecule has 0 amide bonds. The molecular weight excluding hydrogens is 258 g/mol. The SMILES string of the molecule is Cn1ccnc1CNc1ccc2c(c1)Cc1ccccc1-2. The number of rotatable bonds is 3. The molecule has 0 spiro atoms. The number of hydrogen-bond acceptors (Lipinski definition) is 2. The van der Waals surface area contributed by atoms with Gasteiger partial charge in [0, 0.05) is 25.1 Å². The quantitative estimate of drug-likeness (QED) is 0.619. The second kappa shape index (κ2) is 4.77. The van der Waals surface area contributed by atoms with E-state index in [0.29, 0.717) is 0 Å². The molecule has 0 unspecified atom stereocenters. The number of anilines is 1. The second-order valence-electron chi connectivity index (χ2n) is 5.51. The smallest absolute Gasteiger partial charge is 0.127 e. The normalized spacial score (nSPS) is 12.0. The van der Waals surface area contributed by atoms with Gasteiger partial charge in [0.1, 0.15) is 5.82 Å². The number of aromatic nitrogens is 2. The molecule has 1 N–H and O–H groups in total. The summed E-state index contributed by atoms with van der Waals surface area (Å²) in [6.07, 6.45) is 4.83. The van der Waals surface area contributed by atoms with Gasteiger partial charge in [-0.1, -0.05) is 30.3 Å². The summed E-state index contributed by atoms with van der Waals surface area (Å²) in [6, 6.07) is 15.3. The minimum absolute atomic E-state index is 0.745. The lowest BCUT2D eigenvalue weighted by atomic mass is 10.1. The van der Waals surface area contributed by atoms with Crippen LogP contribution < -0.4 is 5.32 Å². The number of hydrogen-bond donors (Lipinski definition) is 1. The Morgan fingerprint density at radius 1 is 1.10 bits per heavy atom. The van der Waals surface area contributed by atoms with Crippen molar-refractivity contribution in [1.82, 2.24) is 9.55 Å². The van der Waals surface area contributed by atoms with E-state index in [2.05, 4.69) is 52.8 Å². The zero-order valence-corrected chi connectivity index (χ0v) is 12.0. The molecule has 1 heterocycles. The number of aryl methyl sites for hydroxylation is 1. The Hall–Kier alpha value is -2.55. The maximum absolute atomic E-state index is 4.34. The van der Waals surface area contributed by atoms with Crippen LogP contribution in [0, 0.1) is 0 Å². The molecule has 1 aliphatic carbocycles. The van der Waals surface area contributed by atoms with Gasteiger partial charge < -0.3 is 9.88 Å². The van der Waals surface area contributed by atoms with Crippen molar-refractivity contribution < 1.29 is 0 Å². The van der Waals surface area contributed by atoms with Gasteiger partial charge in [-0.3, -0.25) is 0 Å². The highest BCUT2D eigenvalue weighted by Crippen LogP contribution is 2.37. The summed E-state index contributed by atoms with van der Waals surface area (Å²) in [6.45, 7) is 0.745. The molecule has 0 radical (unpaired) electrons. The second-order valence-corrected chi connectivity index (χ2v) is 5.51. The van der Waals surface area contributed by atoms with E-state index in [0.717, 1.165) is 24.5 Å². The third kappa shape index (κ3) is 2.11. The molecule has 1 aliphatic rings. The van der Waals surface area contributed by atoms with Gasteiger partial charge in [0.05, 0.1) is 6.54 Å². The van der Waals surface area contributed by atoms with Gasteiger partial charge in [0.25, 0.3) is 0 Å². The first-order chi connectivity index (χ1) is 10.3. The monoisotopic (exact) mass is 275 g/mol. The van der Waals surface area contributed by atoms with E-state index < -0.39 is 0 Å². The molecule has 0 saturated heterocycles. The first-order valence-electron chi connectivity index (χ1n) is 7.22. The van der Waals surface area contributed by atoms with Crippen LogP contribution in [0.5, 0.6) is 0 Å². The number of imidazole rings is 1. The Kier molecular flexibility index (Phi) is 2.78. The zero-order chi connectivity index (χ0) is 14.2. The van der Waals surface area contributed by atoms with Gasteiger partial charge in [-0.25, -0.2) is 4.98 Å². The van der Waals surface area contributed by atoms with Crippen LogP contribution in [0.15, 0.2) is 54.9 Å². The highest BCUT2D eigenvalue weighted by molar-refractivity contribution is 5.78. The van der Waals surface area contributed by atoms with Crippen LogP contribution in [-0.4, -0.2) is 9.55 Å². The first-order valence-corrected chi connectivity index (χ1v) is 7.22. The van der Waals surface area contributed by atoms with E-state index in [1.54, 1.807) is 0 Å². The Morgan fingerprint density at radius 2 is 1.95 bits per heavy atom. The Labute approximate surface area is 124 Å². The fourth-order valence-electron chi connectivity index (χ4n) is 3.00. The molecule has 2 aromatic carbocycles. The molecule has 0 aliphatic heterocycles. The van der Waals surface area contributed by atoms with Crippen molar-refractivity contribution in [3.8, 4) is 11.1 Å². The Balaban J connectivity index is 1.57. The molecule has 0 bridgehead atoms. The fourth-order valence-corrected chi connectivity index (χ4v) is 3.00. The largest absolute Gasteiger partial charge is 0.378 e. The van der Waals surface area contributed by atoms with E-state index in [1.807, 2.05) is 24.0 Å². The standard InChI is InChI=1S/C18H17N3/c1-21-9-8-19-18(21)12-20-15-6-7-17-14(11-15)10-13-4-2-3-5-16(13)17/h2-9,11,20H,10,12H2,1H3. The van der Waals surface area contributed by atoms with Crippen LogP contribution in [0.25, 0.3) is 11.1 Å². The third-order valence-electron chi connectivity index (χ3n) is 4.17. The Bertz CT molecular complexity index is 802. The summed E-state index contributed by atoms with van der Waals surface area (Å²) in [4.78, 5) is 4.34. The fraction of sp³-hybridized carbons (Fsp3) is 0.167. The van der Waals surface area contributed by atoms with E-state index >= 15 is 0 Å². The van der Waals surface area contributed by atoms with Crippen molar-refractivity contribution in [3.63, 3.8) is 0 Å². The maximum atomic E-state index is 4.34. The molecule has 1 aromatic heterocycles. The molecule has 3 aromatic rings. The van der Waals surface area contributed by atoms with Crippen LogP contribution in [0.2, 0.25) is 0 Å². The topological polar surface area (TPSA) is 29.9 Å². The van der Waals surface area contributed by atoms with E-state index in [1.165, 1.54) is 22.3 Å². The summed E-state index contributed by atoms with van der Waals surface area (Å²) in [5.74, 6) is 1.04. The minimum atomic E-state index is 0.745. The molecule has 0 saturated carbocycles. The molecule has 104 valence electrons. The summed E-state index contributed by atoms with van der Waals surface area (Å²) in [5, 5.41) is 3.46. The summed E-state index contributed by atoms with van der Waals surface area (Å²) in [5.41, 5.74) is 6.73. The molecular formula is C18H17N3. The van der Waals surface area contributed by atoms with Crippen LogP contribution in [0.4, 0.5) is 5.69 Å². The van der Waals surface area contributed by atoms with Crippen LogP contribution in [-0.2, 0) is 20.0 Å². The molecule has 0 fully saturated rings. The van der Waals surface area contributed by atoms with Gasteiger partial charge in [0.2, 0.25) is 0 Å². The number of nitrogens with one attached hydrogen (secondary N) is 1. The third-order valence-corrected chi connectivity index (χ3v) is 4.17. The lowest BCUT2D eigenvalue weighted by Crippen LogP contribution is -2.05. The average molecular weight is 275 g/mol. The van der Waals surface area contributed by atoms with E-state index in [4.69, 9.17) is 0 Å². The van der Waals surface area contributed by atoms with E-state index in [-0.39, 0.29) is 0 Å². The van der Waals surface area contributed by atoms with Crippen LogP contribution >= 0.6 is 0 Å². The predicted octanol–water partition coefficient (Wildman–Crippen LogP) is 3.60. The van der Waals surface area contributed by atoms with Crippen molar-refractivity contribution in [1.29, 1.82) is 0 Å². The van der Waals surface area contributed by atoms with Crippen molar-refractivity contribution in [2.45, 2.75) is 13.0 Å². The van der Waals surface area contributed by atoms with Crippen molar-refractivity contribution in [2.24, 2.45) is 7.05 Å². The van der Waals surface area contributed by atoms with Crippen LogP contribution in [0.1, 0.15) is 17.0 Å². The number of nitrogens with zero attached hydrogens (tertiary/aromatic N) is 2. The minimum Gasteiger partial charge on any atom is -0.378 e. The van der Waals surface area contributed by atoms with E-state index in [9.17, 15) is 0 Å². The van der Waals surface area contributed by atoms with Crippen molar-refractivity contribution in [2.75, 3.05) is 5.32 Å². The van der Waals surface area contributed by atoms with Gasteiger partial charge in [-0.2, -0.15) is 0 Å². The molecule has 0 atom stereocenters. The summed E-state index contributed by atoms with van der Waals surface area (Å²) >= 11 is 0. The van der Waals surface area contributed by atoms with Gasteiger partial charge in [-0.05, 0) is 40.8 Å². The average Bonchev–Trinajstić information content (AvgIpc) is 3.07. The predicted molar refractivity (Wildman–Crippen MR) is 85.2 cm³/mol. The maximum Gasteiger partial charge on any atom is 0.127 e. The lowest BCUT2D eigenvalue weighted by Gasteiger charge is -2.08. The summed E-state index contributed by atoms with van der Waals surface area (Å²) < 4.78 is 2.04. The first kappa shape index (κ1) is 12.2. The number of benzene rings is 2. The molecule has 3 nitrogen and oxygen atoms in total. The van der Waals surface area contributed by atoms with Gasteiger partial charge in [0.15, 0.2) is 0 Å². The van der Waals surface area contributed by atoms with Crippen molar-refractivity contribution >= 4 is 5.69 Å². The molecule has 4 rings (SSSR count). The van der Waals surface area contributed by atoms with Gasteiger partial charge in [-0.15, -0.1) is 0 Å². The highest BCUT2D eigenvalue weighted by Gasteiger charge is 2.17. The number of fused-ring (bicyclic) bond motifs is 3. The highest BCUT2D eigenvalue weighted by atomic mass is 15.1. The lowest BCUT2D eigenvalue weighted by molar-refractivity contribution is 0.813. The molecule has 3 heteroatoms. The van der Waals surface area contributed by atoms with Crippen molar-refractivity contribution in [3.05, 3.63) is 71.8 Å².